The average Bonchev–Trinajstić information content (AvgIpc) is 3.16. The van der Waals surface area contributed by atoms with Crippen LogP contribution in [0.15, 0.2) is 0 Å². The van der Waals surface area contributed by atoms with Crippen molar-refractivity contribution in [1.29, 1.82) is 0 Å². The summed E-state index contributed by atoms with van der Waals surface area (Å²) in [6, 6.07) is 0. The number of hydrogen-bond donors (Lipinski definition) is 0. The zero-order valence-corrected chi connectivity index (χ0v) is 35.7. The molecule has 4 rings (SSSR count). The van der Waals surface area contributed by atoms with Crippen molar-refractivity contribution in [1.82, 2.24) is 0 Å². The lowest BCUT2D eigenvalue weighted by Crippen LogP contribution is -2.44. The van der Waals surface area contributed by atoms with Gasteiger partial charge in [-0.15, -0.1) is 0 Å². The van der Waals surface area contributed by atoms with Crippen LogP contribution in [0.1, 0.15) is 142 Å². The Labute approximate surface area is 310 Å². The zero-order chi connectivity index (χ0) is 35.6. The first-order chi connectivity index (χ1) is 24.6. The molecule has 296 valence electrons. The molecule has 0 saturated carbocycles. The molecule has 0 aromatic heterocycles. The fraction of sp³-hybridized carbons (Fsp3) is 1.00. The van der Waals surface area contributed by atoms with Crippen molar-refractivity contribution in [2.24, 2.45) is 10.8 Å². The highest BCUT2D eigenvalue weighted by molar-refractivity contribution is 7.47. The molecular weight excluding hydrogens is 716 g/mol. The fourth-order valence-corrected chi connectivity index (χ4v) is 11.6. The molecule has 4 aliphatic heterocycles. The van der Waals surface area contributed by atoms with E-state index < -0.39 is 34.0 Å². The Hall–Kier alpha value is 1.32. The quantitative estimate of drug-likeness (QED) is 0.0695. The maximum atomic E-state index is 6.15. The van der Waals surface area contributed by atoms with Crippen LogP contribution in [0.5, 0.6) is 0 Å². The molecule has 0 atom stereocenters. The van der Waals surface area contributed by atoms with Gasteiger partial charge in [-0.1, -0.05) is 129 Å². The van der Waals surface area contributed by atoms with Crippen LogP contribution in [0.4, 0.5) is 0 Å². The van der Waals surface area contributed by atoms with Gasteiger partial charge in [0.25, 0.3) is 0 Å². The fourth-order valence-electron chi connectivity index (χ4n) is 6.17. The molecule has 10 nitrogen and oxygen atoms in total. The minimum absolute atomic E-state index is 0.0623. The van der Waals surface area contributed by atoms with E-state index >= 15 is 0 Å². The van der Waals surface area contributed by atoms with Crippen molar-refractivity contribution in [2.75, 3.05) is 79.4 Å². The molecule has 4 aliphatic rings. The summed E-state index contributed by atoms with van der Waals surface area (Å²) >= 11 is 0. The van der Waals surface area contributed by atoms with Crippen LogP contribution in [-0.2, 0) is 45.2 Å². The van der Waals surface area contributed by atoms with E-state index in [-0.39, 0.29) is 10.8 Å². The molecule has 4 saturated heterocycles. The maximum absolute atomic E-state index is 6.15. The predicted octanol–water partition coefficient (Wildman–Crippen LogP) is 12.3. The van der Waals surface area contributed by atoms with E-state index in [1.165, 1.54) is 128 Å². The molecule has 50 heavy (non-hydrogen) atoms. The molecule has 0 amide bonds. The lowest BCUT2D eigenvalue weighted by molar-refractivity contribution is -0.0729. The number of unbranched alkanes of at least 4 members (excludes halogenated alkanes) is 18. The summed E-state index contributed by atoms with van der Waals surface area (Å²) < 4.78 is 56.2. The van der Waals surface area contributed by atoms with Crippen LogP contribution in [0.2, 0.25) is 0 Å². The predicted molar refractivity (Wildman–Crippen MR) is 208 cm³/mol. The SMILES string of the molecule is CCCCCCCCCCCCP1OCC2(CO1)COP(CCCCCCCCCCCC)OC2.COP1OCC2(CO1)COP(OC)OC2. The summed E-state index contributed by atoms with van der Waals surface area (Å²) in [5, 5.41) is 0. The molecule has 0 radical (unpaired) electrons. The van der Waals surface area contributed by atoms with Gasteiger partial charge in [-0.2, -0.15) is 0 Å². The Morgan fingerprint density at radius 1 is 0.360 bits per heavy atom. The van der Waals surface area contributed by atoms with Gasteiger partial charge in [-0.3, -0.25) is 0 Å². The zero-order valence-electron chi connectivity index (χ0n) is 32.1. The van der Waals surface area contributed by atoms with Gasteiger partial charge < -0.3 is 45.2 Å². The normalized spacial score (nSPS) is 30.0. The summed E-state index contributed by atoms with van der Waals surface area (Å²) in [6.45, 7) is 9.73. The van der Waals surface area contributed by atoms with Gasteiger partial charge >= 0.3 is 17.2 Å². The summed E-state index contributed by atoms with van der Waals surface area (Å²) in [6.07, 6.45) is 29.7. The van der Waals surface area contributed by atoms with Crippen LogP contribution in [0, 0.1) is 10.8 Å². The minimum Gasteiger partial charge on any atom is -0.333 e. The second kappa shape index (κ2) is 28.7. The lowest BCUT2D eigenvalue weighted by Gasteiger charge is -2.43. The third kappa shape index (κ3) is 19.3. The largest absolute Gasteiger partial charge is 0.333 e. The molecular formula is C36H72O10P4. The molecule has 0 aliphatic carbocycles. The van der Waals surface area contributed by atoms with Crippen molar-refractivity contribution in [3.05, 3.63) is 0 Å². The van der Waals surface area contributed by atoms with Crippen LogP contribution in [0.25, 0.3) is 0 Å². The highest BCUT2D eigenvalue weighted by atomic mass is 31.2. The molecule has 2 spiro atoms. The van der Waals surface area contributed by atoms with E-state index in [0.717, 1.165) is 38.8 Å². The molecule has 14 heteroatoms. The Kier molecular flexibility index (Phi) is 26.2. The van der Waals surface area contributed by atoms with E-state index in [1.54, 1.807) is 14.2 Å². The Morgan fingerprint density at radius 2 is 0.600 bits per heavy atom. The summed E-state index contributed by atoms with van der Waals surface area (Å²) in [5.74, 6) is 0. The van der Waals surface area contributed by atoms with Crippen LogP contribution in [0.3, 0.4) is 0 Å². The number of rotatable bonds is 24. The standard InChI is InChI=1S/C29H58O4P2.C7H14O6P2/c1-3-5-7-9-11-13-15-17-19-21-23-34-30-25-29(26-31-34)27-32-35(33-28-29)24-22-20-18-16-14-12-10-8-6-4-2;1-8-14-10-3-7(4-11-14)5-12-15(9-2)13-6-7/h3-28H2,1-2H3;3-6H2,1-2H3. The summed E-state index contributed by atoms with van der Waals surface area (Å²) in [4.78, 5) is 0. The van der Waals surface area contributed by atoms with Crippen molar-refractivity contribution in [2.45, 2.75) is 142 Å². The van der Waals surface area contributed by atoms with Gasteiger partial charge in [-0.25, -0.2) is 0 Å². The summed E-state index contributed by atoms with van der Waals surface area (Å²) in [7, 11) is -0.593. The first-order valence-corrected chi connectivity index (χ1v) is 24.7. The lowest BCUT2D eigenvalue weighted by atomic mass is 9.93. The third-order valence-corrected chi connectivity index (χ3v) is 14.6. The van der Waals surface area contributed by atoms with Gasteiger partial charge in [-0.05, 0) is 12.8 Å². The molecule has 0 N–H and O–H groups in total. The Bertz CT molecular complexity index is 716. The van der Waals surface area contributed by atoms with Crippen LogP contribution in [-0.4, -0.2) is 79.4 Å². The topological polar surface area (TPSA) is 92.3 Å². The second-order valence-corrected chi connectivity index (χ2v) is 20.4. The highest BCUT2D eigenvalue weighted by Crippen LogP contribution is 2.53. The molecule has 4 fully saturated rings. The van der Waals surface area contributed by atoms with E-state index in [1.807, 2.05) is 0 Å². The van der Waals surface area contributed by atoms with Gasteiger partial charge in [0, 0.05) is 26.5 Å². The molecule has 0 unspecified atom stereocenters. The molecule has 0 aromatic carbocycles. The molecule has 4 heterocycles. The van der Waals surface area contributed by atoms with Crippen molar-refractivity contribution in [3.63, 3.8) is 0 Å². The van der Waals surface area contributed by atoms with E-state index in [4.69, 9.17) is 45.2 Å². The van der Waals surface area contributed by atoms with Gasteiger partial charge in [0.2, 0.25) is 0 Å². The van der Waals surface area contributed by atoms with Crippen LogP contribution >= 0.6 is 34.0 Å². The highest BCUT2D eigenvalue weighted by Gasteiger charge is 2.44. The van der Waals surface area contributed by atoms with Crippen molar-refractivity contribution < 1.29 is 45.2 Å². The first kappa shape index (κ1) is 45.7. The van der Waals surface area contributed by atoms with E-state index in [0.29, 0.717) is 26.4 Å². The average molecular weight is 789 g/mol. The van der Waals surface area contributed by atoms with Gasteiger partial charge in [0.05, 0.1) is 63.7 Å². The first-order valence-electron chi connectivity index (χ1n) is 19.8. The van der Waals surface area contributed by atoms with E-state index in [9.17, 15) is 0 Å². The van der Waals surface area contributed by atoms with Gasteiger partial charge in [0.1, 0.15) is 0 Å². The second-order valence-electron chi connectivity index (χ2n) is 14.5. The maximum Gasteiger partial charge on any atom is 0.332 e. The Balaban J connectivity index is 0.000000371. The third-order valence-electron chi connectivity index (χ3n) is 9.65. The molecule has 0 aromatic rings. The van der Waals surface area contributed by atoms with Crippen molar-refractivity contribution >= 4 is 34.0 Å². The Morgan fingerprint density at radius 3 is 0.860 bits per heavy atom. The number of hydrogen-bond acceptors (Lipinski definition) is 10. The monoisotopic (exact) mass is 788 g/mol. The molecule has 0 bridgehead atoms. The smallest absolute Gasteiger partial charge is 0.332 e. The minimum atomic E-state index is -1.17. The van der Waals surface area contributed by atoms with E-state index in [2.05, 4.69) is 13.8 Å². The summed E-state index contributed by atoms with van der Waals surface area (Å²) in [5.41, 5.74) is -0.262. The van der Waals surface area contributed by atoms with Crippen molar-refractivity contribution in [3.8, 4) is 0 Å². The van der Waals surface area contributed by atoms with Crippen LogP contribution < -0.4 is 0 Å². The van der Waals surface area contributed by atoms with Gasteiger partial charge in [0.15, 0.2) is 16.8 Å².